The predicted molar refractivity (Wildman–Crippen MR) is 90.8 cm³/mol. The first-order valence-electron chi connectivity index (χ1n) is 7.28. The lowest BCUT2D eigenvalue weighted by Crippen LogP contribution is -2.52. The van der Waals surface area contributed by atoms with Gasteiger partial charge in [-0.05, 0) is 26.3 Å². The highest BCUT2D eigenvalue weighted by molar-refractivity contribution is 5.86. The van der Waals surface area contributed by atoms with Gasteiger partial charge >= 0.3 is 0 Å². The maximum Gasteiger partial charge on any atom is 0.240 e. The van der Waals surface area contributed by atoms with Crippen LogP contribution in [0.15, 0.2) is 12.1 Å². The molecule has 0 aliphatic carbocycles. The third kappa shape index (κ3) is 5.25. The molecule has 0 spiro atoms. The van der Waals surface area contributed by atoms with E-state index in [1.165, 1.54) is 26.4 Å². The molecule has 0 fully saturated rings. The highest BCUT2D eigenvalue weighted by Gasteiger charge is 2.29. The third-order valence-electron chi connectivity index (χ3n) is 3.61. The first-order valence-corrected chi connectivity index (χ1v) is 7.28. The van der Waals surface area contributed by atoms with E-state index < -0.39 is 17.4 Å². The summed E-state index contributed by atoms with van der Waals surface area (Å²) in [7, 11) is 2.91. The second-order valence-corrected chi connectivity index (χ2v) is 5.59. The molecule has 0 saturated carbocycles. The number of nitrogens with two attached hydrogens (primary N) is 1. The van der Waals surface area contributed by atoms with Crippen LogP contribution in [-0.2, 0) is 4.79 Å². The molecule has 2 unspecified atom stereocenters. The van der Waals surface area contributed by atoms with Gasteiger partial charge in [-0.25, -0.2) is 4.39 Å². The second kappa shape index (κ2) is 8.93. The zero-order valence-corrected chi connectivity index (χ0v) is 15.1. The summed E-state index contributed by atoms with van der Waals surface area (Å²) in [6.45, 7) is 5.32. The van der Waals surface area contributed by atoms with Gasteiger partial charge < -0.3 is 20.5 Å². The first kappa shape index (κ1) is 21.5. The van der Waals surface area contributed by atoms with Crippen molar-refractivity contribution in [3.8, 4) is 11.5 Å². The van der Waals surface area contributed by atoms with Gasteiger partial charge in [0.1, 0.15) is 5.82 Å². The van der Waals surface area contributed by atoms with Crippen molar-refractivity contribution >= 4 is 18.3 Å². The number of hydrogen-bond donors (Lipinski definition) is 2. The van der Waals surface area contributed by atoms with Crippen LogP contribution in [0.2, 0.25) is 0 Å². The Bertz CT molecular complexity index is 538. The Morgan fingerprint density at radius 3 is 2.35 bits per heavy atom. The van der Waals surface area contributed by atoms with Crippen LogP contribution in [-0.4, -0.2) is 25.7 Å². The van der Waals surface area contributed by atoms with E-state index in [1.807, 2.05) is 6.92 Å². The highest BCUT2D eigenvalue weighted by Crippen LogP contribution is 2.32. The van der Waals surface area contributed by atoms with E-state index in [1.54, 1.807) is 13.8 Å². The van der Waals surface area contributed by atoms with E-state index in [2.05, 4.69) is 5.32 Å². The van der Waals surface area contributed by atoms with Crippen LogP contribution < -0.4 is 20.5 Å². The topological polar surface area (TPSA) is 73.6 Å². The zero-order chi connectivity index (χ0) is 16.9. The largest absolute Gasteiger partial charge is 0.493 e. The van der Waals surface area contributed by atoms with Crippen LogP contribution in [0.4, 0.5) is 4.39 Å². The maximum absolute atomic E-state index is 14.2. The van der Waals surface area contributed by atoms with Gasteiger partial charge in [-0.2, -0.15) is 0 Å². The molecule has 5 nitrogen and oxygen atoms in total. The molecule has 0 heterocycles. The van der Waals surface area contributed by atoms with E-state index in [4.69, 9.17) is 15.2 Å². The summed E-state index contributed by atoms with van der Waals surface area (Å²) in [6, 6.07) is 2.23. The van der Waals surface area contributed by atoms with Gasteiger partial charge in [0.15, 0.2) is 11.5 Å². The molecular formula is C16H26ClFN2O3. The Morgan fingerprint density at radius 1 is 1.35 bits per heavy atom. The fourth-order valence-electron chi connectivity index (χ4n) is 2.27. The van der Waals surface area contributed by atoms with Crippen LogP contribution in [0.25, 0.3) is 0 Å². The lowest BCUT2D eigenvalue weighted by molar-refractivity contribution is -0.126. The predicted octanol–water partition coefficient (Wildman–Crippen LogP) is 2.96. The Hall–Kier alpha value is -1.53. The number of nitrogens with one attached hydrogen (secondary N) is 1. The fourth-order valence-corrected chi connectivity index (χ4v) is 2.27. The molecule has 0 saturated heterocycles. The standard InChI is InChI=1S/C16H25FN2O3.ClH/c1-6-7-16(3,18)15(20)19-10(2)11-8-13(21-4)14(22-5)9-12(11)17;/h8-10H,6-7,18H2,1-5H3,(H,19,20);1H. The quantitative estimate of drug-likeness (QED) is 0.794. The van der Waals surface area contributed by atoms with E-state index in [0.29, 0.717) is 23.5 Å². The van der Waals surface area contributed by atoms with Gasteiger partial charge in [0.25, 0.3) is 0 Å². The van der Waals surface area contributed by atoms with Crippen LogP contribution in [0.3, 0.4) is 0 Å². The summed E-state index contributed by atoms with van der Waals surface area (Å²) in [5.74, 6) is -0.0725. The molecule has 1 amide bonds. The normalized spacial score (nSPS) is 14.2. The van der Waals surface area contributed by atoms with Gasteiger partial charge in [0.05, 0.1) is 25.8 Å². The van der Waals surface area contributed by atoms with Crippen molar-refractivity contribution < 1.29 is 18.7 Å². The van der Waals surface area contributed by atoms with Crippen LogP contribution >= 0.6 is 12.4 Å². The lowest BCUT2D eigenvalue weighted by atomic mass is 9.95. The van der Waals surface area contributed by atoms with E-state index >= 15 is 0 Å². The van der Waals surface area contributed by atoms with Crippen molar-refractivity contribution in [3.05, 3.63) is 23.5 Å². The van der Waals surface area contributed by atoms with Gasteiger partial charge in [0.2, 0.25) is 5.91 Å². The Labute approximate surface area is 143 Å². The number of rotatable bonds is 7. The van der Waals surface area contributed by atoms with Crippen LogP contribution in [0, 0.1) is 5.82 Å². The number of carbonyl (C=O) groups excluding carboxylic acids is 1. The van der Waals surface area contributed by atoms with Gasteiger partial charge in [-0.3, -0.25) is 4.79 Å². The molecule has 0 aliphatic rings. The monoisotopic (exact) mass is 348 g/mol. The summed E-state index contributed by atoms with van der Waals surface area (Å²) in [4.78, 5) is 12.2. The summed E-state index contributed by atoms with van der Waals surface area (Å²) >= 11 is 0. The van der Waals surface area contributed by atoms with Crippen molar-refractivity contribution in [2.24, 2.45) is 5.73 Å². The molecule has 1 aromatic rings. The SMILES string of the molecule is CCCC(C)(N)C(=O)NC(C)c1cc(OC)c(OC)cc1F.Cl. The number of amides is 1. The Kier molecular flexibility index (Phi) is 8.34. The van der Waals surface area contributed by atoms with E-state index in [-0.39, 0.29) is 18.3 Å². The molecule has 23 heavy (non-hydrogen) atoms. The number of carbonyl (C=O) groups is 1. The smallest absolute Gasteiger partial charge is 0.240 e. The van der Waals surface area contributed by atoms with Crippen molar-refractivity contribution in [2.75, 3.05) is 14.2 Å². The van der Waals surface area contributed by atoms with Gasteiger partial charge in [0, 0.05) is 11.6 Å². The molecule has 132 valence electrons. The molecule has 2 atom stereocenters. The number of methoxy groups -OCH3 is 2. The minimum absolute atomic E-state index is 0. The minimum atomic E-state index is -0.976. The average molecular weight is 349 g/mol. The maximum atomic E-state index is 14.2. The molecule has 0 aliphatic heterocycles. The Morgan fingerprint density at radius 2 is 1.87 bits per heavy atom. The van der Waals surface area contributed by atoms with Crippen LogP contribution in [0.5, 0.6) is 11.5 Å². The fraction of sp³-hybridized carbons (Fsp3) is 0.562. The number of halogens is 2. The molecule has 0 aromatic heterocycles. The number of hydrogen-bond acceptors (Lipinski definition) is 4. The summed E-state index contributed by atoms with van der Waals surface area (Å²) < 4.78 is 24.4. The lowest BCUT2D eigenvalue weighted by Gasteiger charge is -2.26. The number of ether oxygens (including phenoxy) is 2. The van der Waals surface area contributed by atoms with Crippen molar-refractivity contribution in [1.29, 1.82) is 0 Å². The average Bonchev–Trinajstić information content (AvgIpc) is 2.46. The summed E-state index contributed by atoms with van der Waals surface area (Å²) in [5.41, 5.74) is 5.33. The second-order valence-electron chi connectivity index (χ2n) is 5.59. The molecule has 7 heteroatoms. The Balaban J connectivity index is 0.00000484. The molecule has 0 radical (unpaired) electrons. The third-order valence-corrected chi connectivity index (χ3v) is 3.61. The molecule has 1 aromatic carbocycles. The zero-order valence-electron chi connectivity index (χ0n) is 14.2. The van der Waals surface area contributed by atoms with E-state index in [9.17, 15) is 9.18 Å². The van der Waals surface area contributed by atoms with Crippen LogP contribution in [0.1, 0.15) is 45.2 Å². The molecule has 0 bridgehead atoms. The summed E-state index contributed by atoms with van der Waals surface area (Å²) in [5, 5.41) is 2.75. The first-order chi connectivity index (χ1) is 10.3. The summed E-state index contributed by atoms with van der Waals surface area (Å²) in [6.07, 6.45) is 1.35. The van der Waals surface area contributed by atoms with Crippen molar-refractivity contribution in [2.45, 2.75) is 45.2 Å². The van der Waals surface area contributed by atoms with Crippen molar-refractivity contribution in [3.63, 3.8) is 0 Å². The minimum Gasteiger partial charge on any atom is -0.493 e. The van der Waals surface area contributed by atoms with Gasteiger partial charge in [-0.1, -0.05) is 13.3 Å². The molecule has 3 N–H and O–H groups in total. The number of benzene rings is 1. The highest BCUT2D eigenvalue weighted by atomic mass is 35.5. The van der Waals surface area contributed by atoms with E-state index in [0.717, 1.165) is 6.42 Å². The van der Waals surface area contributed by atoms with Gasteiger partial charge in [-0.15, -0.1) is 12.4 Å². The van der Waals surface area contributed by atoms with Crippen molar-refractivity contribution in [1.82, 2.24) is 5.32 Å². The molecular weight excluding hydrogens is 323 g/mol. The molecule has 1 rings (SSSR count).